The van der Waals surface area contributed by atoms with E-state index in [4.69, 9.17) is 62.7 Å². The zero-order valence-corrected chi connectivity index (χ0v) is 59.2. The molecule has 0 saturated carbocycles. The molecule has 8 aromatic rings. The van der Waals surface area contributed by atoms with E-state index in [-0.39, 0.29) is 55.3 Å². The topological polar surface area (TPSA) is 255 Å². The van der Waals surface area contributed by atoms with Crippen molar-refractivity contribution in [3.05, 3.63) is 285 Å². The molecule has 5 atom stereocenters. The number of carbonyl (C=O) groups is 4. The monoisotopic (exact) mass is 1470 g/mol. The molecule has 1 aromatic heterocycles. The summed E-state index contributed by atoms with van der Waals surface area (Å²) < 4.78 is 89.9. The van der Waals surface area contributed by atoms with Crippen LogP contribution in [0.3, 0.4) is 0 Å². The largest absolute Gasteiger partial charge is 0.497 e. The molecule has 4 aliphatic rings. The van der Waals surface area contributed by atoms with Crippen molar-refractivity contribution in [3.63, 3.8) is 0 Å². The predicted octanol–water partition coefficient (Wildman–Crippen LogP) is 11.5. The molecule has 27 heteroatoms. The number of methoxy groups -OCH3 is 3. The Balaban J connectivity index is 0.901. The van der Waals surface area contributed by atoms with Crippen LogP contribution in [0.1, 0.15) is 57.6 Å². The van der Waals surface area contributed by atoms with Gasteiger partial charge in [-0.25, -0.2) is 33.2 Å². The van der Waals surface area contributed by atoms with Crippen LogP contribution in [0, 0.1) is 11.6 Å². The summed E-state index contributed by atoms with van der Waals surface area (Å²) in [5.74, 6) is -6.28. The van der Waals surface area contributed by atoms with Gasteiger partial charge in [-0.3, -0.25) is 14.5 Å². The van der Waals surface area contributed by atoms with Crippen LogP contribution in [0.2, 0.25) is 0 Å². The van der Waals surface area contributed by atoms with Gasteiger partial charge in [-0.1, -0.05) is 192 Å². The van der Waals surface area contributed by atoms with Crippen molar-refractivity contribution in [2.75, 3.05) is 78.5 Å². The molecule has 104 heavy (non-hydrogen) atoms. The Morgan fingerprint density at radius 1 is 0.760 bits per heavy atom. The molecule has 538 valence electrons. The van der Waals surface area contributed by atoms with E-state index in [1.54, 1.807) is 110 Å². The summed E-state index contributed by atoms with van der Waals surface area (Å²) in [6.07, 6.45) is 1.59. The molecule has 0 spiro atoms. The van der Waals surface area contributed by atoms with Crippen LogP contribution in [0.5, 0.6) is 17.2 Å². The number of aliphatic imine (C=N–C) groups is 1. The lowest BCUT2D eigenvalue weighted by atomic mass is 9.77. The first kappa shape index (κ1) is 73.7. The van der Waals surface area contributed by atoms with Gasteiger partial charge >= 0.3 is 11.9 Å². The summed E-state index contributed by atoms with van der Waals surface area (Å²) >= 11 is 2.79. The lowest BCUT2D eigenvalue weighted by molar-refractivity contribution is -0.162. The highest BCUT2D eigenvalue weighted by atomic mass is 32.2. The van der Waals surface area contributed by atoms with Gasteiger partial charge in [0.15, 0.2) is 36.5 Å². The van der Waals surface area contributed by atoms with Crippen molar-refractivity contribution in [2.45, 2.75) is 52.7 Å². The first-order chi connectivity index (χ1) is 50.9. The van der Waals surface area contributed by atoms with Crippen molar-refractivity contribution >= 4 is 68.8 Å². The Bertz CT molecular complexity index is 4340. The lowest BCUT2D eigenvalue weighted by Crippen LogP contribution is -2.70. The number of benzene rings is 7. The van der Waals surface area contributed by atoms with E-state index >= 15 is 13.6 Å². The summed E-state index contributed by atoms with van der Waals surface area (Å²) in [5.41, 5.74) is 9.67. The highest BCUT2D eigenvalue weighted by molar-refractivity contribution is 8.05. The van der Waals surface area contributed by atoms with Crippen LogP contribution in [0.4, 0.5) is 14.5 Å². The number of nitrogens with one attached hydrogen (secondary N) is 2. The van der Waals surface area contributed by atoms with Gasteiger partial charge in [0.05, 0.1) is 51.3 Å². The fourth-order valence-electron chi connectivity index (χ4n) is 11.9. The number of thioether (sulfide) groups is 2. The summed E-state index contributed by atoms with van der Waals surface area (Å²) in [6, 6.07) is 56.7. The number of carbonyl (C=O) groups excluding carboxylic acids is 4. The van der Waals surface area contributed by atoms with Crippen molar-refractivity contribution in [1.82, 2.24) is 20.5 Å². The normalized spacial score (nSPS) is 17.2. The number of ether oxygens (including phenoxy) is 9. The highest BCUT2D eigenvalue weighted by Gasteiger charge is 2.54. The van der Waals surface area contributed by atoms with Crippen molar-refractivity contribution in [1.29, 1.82) is 0 Å². The average Bonchev–Trinajstić information content (AvgIpc) is 0.889. The zero-order valence-electron chi connectivity index (χ0n) is 56.8. The van der Waals surface area contributed by atoms with Gasteiger partial charge in [0.2, 0.25) is 23.5 Å². The van der Waals surface area contributed by atoms with E-state index in [0.29, 0.717) is 34.6 Å². The molecular formula is C77H74F2N8O14S3. The molecule has 0 bridgehead atoms. The summed E-state index contributed by atoms with van der Waals surface area (Å²) in [5, 5.41) is 8.37. The molecule has 12 rings (SSSR count). The maximum Gasteiger partial charge on any atom is 0.355 e. The summed E-state index contributed by atoms with van der Waals surface area (Å²) in [7, 11) is 2.70. The average molecular weight is 1470 g/mol. The smallest absolute Gasteiger partial charge is 0.355 e. The first-order valence-corrected chi connectivity index (χ1v) is 36.2. The molecular weight excluding hydrogens is 1400 g/mol. The number of hydrogen-bond donors (Lipinski definition) is 3. The van der Waals surface area contributed by atoms with Gasteiger partial charge < -0.3 is 63.9 Å². The number of rotatable bonds is 33. The number of amidine groups is 1. The van der Waals surface area contributed by atoms with Crippen LogP contribution in [0.15, 0.2) is 249 Å². The zero-order chi connectivity index (χ0) is 72.4. The molecule has 7 aromatic carbocycles. The number of esters is 2. The van der Waals surface area contributed by atoms with Crippen LogP contribution >= 0.6 is 23.5 Å². The van der Waals surface area contributed by atoms with Crippen LogP contribution in [0.25, 0.3) is 0 Å². The second kappa shape index (κ2) is 35.4. The van der Waals surface area contributed by atoms with Crippen LogP contribution < -0.4 is 35.5 Å². The maximum absolute atomic E-state index is 17.9. The van der Waals surface area contributed by atoms with E-state index in [2.05, 4.69) is 15.6 Å². The van der Waals surface area contributed by atoms with Crippen molar-refractivity contribution in [3.8, 4) is 17.2 Å². The Morgan fingerprint density at radius 2 is 1.36 bits per heavy atom. The van der Waals surface area contributed by atoms with Gasteiger partial charge in [0, 0.05) is 54.4 Å². The molecule has 2 amide bonds. The number of aromatic nitrogens is 1. The number of fused-ring (bicyclic) bond motifs is 2. The fourth-order valence-corrected chi connectivity index (χ4v) is 15.5. The second-order valence-electron chi connectivity index (χ2n) is 23.6. The number of halogens is 2. The quantitative estimate of drug-likeness (QED) is 0.00863. The Kier molecular flexibility index (Phi) is 25.1. The number of pyridine rings is 1. The first-order valence-electron chi connectivity index (χ1n) is 33.0. The third kappa shape index (κ3) is 17.1. The third-order valence-corrected chi connectivity index (χ3v) is 20.6. The molecule has 22 nitrogen and oxygen atoms in total. The van der Waals surface area contributed by atoms with Crippen molar-refractivity contribution < 1.29 is 75.4 Å². The number of β-lactam (4-membered cyclic amide) rings is 1. The van der Waals surface area contributed by atoms with E-state index in [1.807, 2.05) is 114 Å². The third-order valence-electron chi connectivity index (χ3n) is 17.0. The van der Waals surface area contributed by atoms with Gasteiger partial charge in [-0.05, 0) is 69.3 Å². The van der Waals surface area contributed by atoms with Crippen molar-refractivity contribution in [2.24, 2.45) is 15.3 Å². The van der Waals surface area contributed by atoms with Gasteiger partial charge in [-0.15, -0.1) is 11.8 Å². The van der Waals surface area contributed by atoms with E-state index in [9.17, 15) is 14.4 Å². The highest BCUT2D eigenvalue weighted by Crippen LogP contribution is 2.45. The Hall–Kier alpha value is -10.1. The van der Waals surface area contributed by atoms with Gasteiger partial charge in [0.1, 0.15) is 45.5 Å². The fraction of sp³-hybridized carbons (Fsp3) is 0.247. The molecule has 4 aliphatic heterocycles. The molecule has 1 saturated heterocycles. The number of nitrogens with zero attached hydrogens (tertiary/aromatic N) is 5. The number of hydrogen-bond acceptors (Lipinski definition) is 22. The molecule has 1 fully saturated rings. The van der Waals surface area contributed by atoms with Crippen LogP contribution in [-0.4, -0.2) is 129 Å². The van der Waals surface area contributed by atoms with E-state index < -0.39 is 118 Å². The number of amides is 2. The predicted molar refractivity (Wildman–Crippen MR) is 389 cm³/mol. The Labute approximate surface area is 610 Å². The molecule has 0 aliphatic carbocycles. The minimum absolute atomic E-state index is 0.00983. The molecule has 4 N–H and O–H groups in total. The van der Waals surface area contributed by atoms with Crippen LogP contribution in [-0.2, 0) is 75.3 Å². The van der Waals surface area contributed by atoms with Gasteiger partial charge in [-0.2, -0.15) is 0 Å². The second-order valence-corrected chi connectivity index (χ2v) is 27.2. The minimum atomic E-state index is -2.22. The lowest BCUT2D eigenvalue weighted by Gasteiger charge is -2.49. The standard InChI is InChI=1S/C77H74F2N8O14S3/c1-92-39-41-95-48-98-68-60(78)44-59(63(79)69(68)99-49-96-42-40-93-2)67(74(91)100-66(51-21-9-4-10-22-51)52-23-11-5-12-24-52)101-85-104-47-57(82-76(104)84-77(54-26-13-6-14-27-54,55-28-15-7-16-29-55)56-30-17-8-18-31-56)43-62(88)83-64-71(89)87-65(73(90)97-45-50-33-35-58(94-3)36-34-50)53(46-102-72(64)87)25-20-38-86-61-32-19-37-81-70(61)103-75(86)80/h4-37,44,47,64,66-67,72,75H,38-43,45-46,48-49,80H2,1-3H3,(H,82,84)(H,83,88)/t64-,67?,72?,75?,104?/m0/s1. The summed E-state index contributed by atoms with van der Waals surface area (Å²) in [4.78, 5) is 78.6. The molecule has 5 heterocycles. The number of allylic oxidation sites excluding steroid dienone is 1. The SMILES string of the molecule is COCCOCOc1c(F)cc(C(ON=S2C=C(CC(=O)N[C@H]3C(=O)N4C(C(=O)OCc5ccc(OC)cc5)=C(C=CCN5c6cccnc6SC5N)CSC34)N=C2NC(c2ccccc2)(c2ccccc2)c2ccccc2)C(=O)OC(c2ccccc2)c2ccccc2)c(F)c1OCOCCOC. The van der Waals surface area contributed by atoms with E-state index in [0.717, 1.165) is 33.5 Å². The molecule has 0 radical (unpaired) electrons. The minimum Gasteiger partial charge on any atom is -0.497 e. The summed E-state index contributed by atoms with van der Waals surface area (Å²) in [6.45, 7) is -0.558. The number of anilines is 1. The maximum atomic E-state index is 17.9. The Morgan fingerprint density at radius 3 is 1.95 bits per heavy atom. The van der Waals surface area contributed by atoms with Gasteiger partial charge in [0.25, 0.3) is 5.91 Å². The number of nitrogens with two attached hydrogens (primary N) is 1. The van der Waals surface area contributed by atoms with E-state index in [1.165, 1.54) is 42.6 Å². The molecule has 4 unspecified atom stereocenters.